The molecular weight excluding hydrogens is 466 g/mol. The first-order valence-electron chi connectivity index (χ1n) is 13.0. The van der Waals surface area contributed by atoms with E-state index in [-0.39, 0.29) is 5.41 Å². The lowest BCUT2D eigenvalue weighted by Gasteiger charge is -2.19. The minimum atomic E-state index is 0.156. The number of benzene rings is 4. The van der Waals surface area contributed by atoms with Crippen molar-refractivity contribution in [2.45, 2.75) is 39.0 Å². The SMILES string of the molecule is CC(c1ccccc1)c1ccnc(-c2ccc3sc4c(-c5ccc(C(C)(C)C)cc5)cccc4c3c2)c1. The van der Waals surface area contributed by atoms with Crippen LogP contribution in [-0.4, -0.2) is 4.98 Å². The van der Waals surface area contributed by atoms with E-state index in [1.54, 1.807) is 0 Å². The zero-order chi connectivity index (χ0) is 25.6. The van der Waals surface area contributed by atoms with Crippen molar-refractivity contribution in [3.63, 3.8) is 0 Å². The number of hydrogen-bond donors (Lipinski definition) is 0. The van der Waals surface area contributed by atoms with Crippen LogP contribution in [0.3, 0.4) is 0 Å². The number of nitrogens with zero attached hydrogens (tertiary/aromatic N) is 1. The van der Waals surface area contributed by atoms with Crippen LogP contribution in [0.25, 0.3) is 42.6 Å². The molecule has 2 heteroatoms. The van der Waals surface area contributed by atoms with Crippen LogP contribution in [0.15, 0.2) is 109 Å². The molecule has 0 saturated carbocycles. The summed E-state index contributed by atoms with van der Waals surface area (Å²) in [5.41, 5.74) is 8.88. The van der Waals surface area contributed by atoms with Crippen LogP contribution in [0.2, 0.25) is 0 Å². The van der Waals surface area contributed by atoms with Crippen molar-refractivity contribution in [1.82, 2.24) is 4.98 Å². The van der Waals surface area contributed by atoms with Crippen LogP contribution < -0.4 is 0 Å². The maximum Gasteiger partial charge on any atom is 0.0705 e. The van der Waals surface area contributed by atoms with Crippen molar-refractivity contribution in [3.05, 3.63) is 126 Å². The summed E-state index contributed by atoms with van der Waals surface area (Å²) in [5.74, 6) is 0.320. The minimum absolute atomic E-state index is 0.156. The van der Waals surface area contributed by atoms with Gasteiger partial charge in [-0.2, -0.15) is 0 Å². The second-order valence-electron chi connectivity index (χ2n) is 10.9. The van der Waals surface area contributed by atoms with Gasteiger partial charge in [-0.05, 0) is 57.5 Å². The van der Waals surface area contributed by atoms with Gasteiger partial charge in [0.15, 0.2) is 0 Å². The topological polar surface area (TPSA) is 12.9 Å². The molecule has 182 valence electrons. The summed E-state index contributed by atoms with van der Waals surface area (Å²) in [7, 11) is 0. The molecule has 0 fully saturated rings. The highest BCUT2D eigenvalue weighted by Gasteiger charge is 2.16. The highest BCUT2D eigenvalue weighted by molar-refractivity contribution is 7.26. The number of pyridine rings is 1. The summed E-state index contributed by atoms with van der Waals surface area (Å²) in [4.78, 5) is 4.75. The average molecular weight is 498 g/mol. The van der Waals surface area contributed by atoms with Crippen LogP contribution >= 0.6 is 11.3 Å². The Kier molecular flexibility index (Phi) is 5.93. The summed E-state index contributed by atoms with van der Waals surface area (Å²) in [6, 6.07) is 37.6. The van der Waals surface area contributed by atoms with Crippen molar-refractivity contribution in [2.75, 3.05) is 0 Å². The van der Waals surface area contributed by atoms with E-state index in [0.717, 1.165) is 11.3 Å². The highest BCUT2D eigenvalue weighted by Crippen LogP contribution is 2.41. The van der Waals surface area contributed by atoms with Gasteiger partial charge in [-0.3, -0.25) is 4.98 Å². The molecule has 0 radical (unpaired) electrons. The molecule has 2 heterocycles. The summed E-state index contributed by atoms with van der Waals surface area (Å²) in [6.07, 6.45) is 1.94. The smallest absolute Gasteiger partial charge is 0.0705 e. The molecule has 37 heavy (non-hydrogen) atoms. The van der Waals surface area contributed by atoms with Gasteiger partial charge in [0.1, 0.15) is 0 Å². The van der Waals surface area contributed by atoms with Gasteiger partial charge in [0, 0.05) is 37.9 Å². The van der Waals surface area contributed by atoms with Gasteiger partial charge >= 0.3 is 0 Å². The Labute approximate surface area is 223 Å². The fraction of sp³-hybridized carbons (Fsp3) is 0.171. The lowest BCUT2D eigenvalue weighted by atomic mass is 9.86. The number of aromatic nitrogens is 1. The summed E-state index contributed by atoms with van der Waals surface area (Å²) in [6.45, 7) is 9.05. The van der Waals surface area contributed by atoms with Gasteiger partial charge in [-0.1, -0.05) is 107 Å². The van der Waals surface area contributed by atoms with E-state index in [0.29, 0.717) is 5.92 Å². The Morgan fingerprint density at radius 2 is 1.43 bits per heavy atom. The molecule has 4 aromatic carbocycles. The Bertz CT molecular complexity index is 1700. The predicted octanol–water partition coefficient (Wildman–Crippen LogP) is 10.2. The summed E-state index contributed by atoms with van der Waals surface area (Å²) < 4.78 is 2.66. The number of thiophene rings is 1. The molecule has 1 nitrogen and oxygen atoms in total. The van der Waals surface area contributed by atoms with Gasteiger partial charge in [-0.15, -0.1) is 11.3 Å². The third-order valence-electron chi connectivity index (χ3n) is 7.44. The fourth-order valence-corrected chi connectivity index (χ4v) is 6.36. The molecule has 0 aliphatic rings. The molecule has 1 atom stereocenters. The molecule has 0 spiro atoms. The molecule has 0 amide bonds. The van der Waals surface area contributed by atoms with E-state index in [1.165, 1.54) is 48.0 Å². The number of rotatable bonds is 4. The van der Waals surface area contributed by atoms with Crippen molar-refractivity contribution in [2.24, 2.45) is 0 Å². The zero-order valence-corrected chi connectivity index (χ0v) is 22.6. The standard InChI is InChI=1S/C35H31NS/c1-23(24-9-6-5-7-10-24)26-19-20-36-32(22-26)27-15-18-33-31(21-27)30-12-8-11-29(34(30)37-33)25-13-16-28(17-14-25)35(2,3)4/h5-23H,1-4H3. The normalized spacial score (nSPS) is 12.8. The first kappa shape index (κ1) is 23.6. The van der Waals surface area contributed by atoms with Crippen LogP contribution in [0, 0.1) is 0 Å². The van der Waals surface area contributed by atoms with Crippen molar-refractivity contribution in [3.8, 4) is 22.4 Å². The lowest BCUT2D eigenvalue weighted by molar-refractivity contribution is 0.590. The van der Waals surface area contributed by atoms with E-state index in [2.05, 4.69) is 131 Å². The van der Waals surface area contributed by atoms with E-state index in [1.807, 2.05) is 17.5 Å². The zero-order valence-electron chi connectivity index (χ0n) is 21.8. The maximum absolute atomic E-state index is 4.75. The molecule has 0 N–H and O–H groups in total. The highest BCUT2D eigenvalue weighted by atomic mass is 32.1. The average Bonchev–Trinajstić information content (AvgIpc) is 3.31. The van der Waals surface area contributed by atoms with E-state index >= 15 is 0 Å². The first-order valence-corrected chi connectivity index (χ1v) is 13.8. The Hall–Kier alpha value is -3.75. The second-order valence-corrected chi connectivity index (χ2v) is 12.0. The fourth-order valence-electron chi connectivity index (χ4n) is 5.14. The molecular formula is C35H31NS. The summed E-state index contributed by atoms with van der Waals surface area (Å²) >= 11 is 1.88. The molecule has 2 aromatic heterocycles. The van der Waals surface area contributed by atoms with E-state index < -0.39 is 0 Å². The van der Waals surface area contributed by atoms with Gasteiger partial charge < -0.3 is 0 Å². The largest absolute Gasteiger partial charge is 0.256 e. The molecule has 0 aliphatic carbocycles. The van der Waals surface area contributed by atoms with E-state index in [4.69, 9.17) is 4.98 Å². The van der Waals surface area contributed by atoms with Crippen molar-refractivity contribution >= 4 is 31.5 Å². The quantitative estimate of drug-likeness (QED) is 0.236. The molecule has 6 aromatic rings. The predicted molar refractivity (Wildman–Crippen MR) is 161 cm³/mol. The van der Waals surface area contributed by atoms with Crippen LogP contribution in [0.1, 0.15) is 50.3 Å². The Balaban J connectivity index is 1.41. The molecule has 1 unspecified atom stereocenters. The van der Waals surface area contributed by atoms with Crippen LogP contribution in [0.4, 0.5) is 0 Å². The van der Waals surface area contributed by atoms with Gasteiger partial charge in [0.05, 0.1) is 5.69 Å². The molecule has 6 rings (SSSR count). The van der Waals surface area contributed by atoms with Crippen LogP contribution in [-0.2, 0) is 5.41 Å². The van der Waals surface area contributed by atoms with Crippen molar-refractivity contribution < 1.29 is 0 Å². The molecule has 0 saturated heterocycles. The first-order chi connectivity index (χ1) is 17.9. The molecule has 0 bridgehead atoms. The third kappa shape index (κ3) is 4.47. The van der Waals surface area contributed by atoms with Gasteiger partial charge in [-0.25, -0.2) is 0 Å². The lowest BCUT2D eigenvalue weighted by Crippen LogP contribution is -2.10. The summed E-state index contributed by atoms with van der Waals surface area (Å²) in [5, 5.41) is 2.61. The third-order valence-corrected chi connectivity index (χ3v) is 8.66. The minimum Gasteiger partial charge on any atom is -0.256 e. The monoisotopic (exact) mass is 497 g/mol. The van der Waals surface area contributed by atoms with Crippen molar-refractivity contribution in [1.29, 1.82) is 0 Å². The van der Waals surface area contributed by atoms with E-state index in [9.17, 15) is 0 Å². The number of fused-ring (bicyclic) bond motifs is 3. The van der Waals surface area contributed by atoms with Gasteiger partial charge in [0.25, 0.3) is 0 Å². The number of hydrogen-bond acceptors (Lipinski definition) is 2. The Morgan fingerprint density at radius 1 is 0.676 bits per heavy atom. The van der Waals surface area contributed by atoms with Gasteiger partial charge in [0.2, 0.25) is 0 Å². The Morgan fingerprint density at radius 3 is 2.19 bits per heavy atom. The maximum atomic E-state index is 4.75. The van der Waals surface area contributed by atoms with Crippen LogP contribution in [0.5, 0.6) is 0 Å². The molecule has 0 aliphatic heterocycles. The second kappa shape index (κ2) is 9.28.